The van der Waals surface area contributed by atoms with E-state index in [9.17, 15) is 14.4 Å². The van der Waals surface area contributed by atoms with E-state index in [1.165, 1.54) is 27.9 Å². The molecule has 0 aliphatic carbocycles. The van der Waals surface area contributed by atoms with Gasteiger partial charge in [0.05, 0.1) is 25.5 Å². The number of alkyl carbamates (subject to hydrolysis) is 1. The fourth-order valence-electron chi connectivity index (χ4n) is 6.32. The highest BCUT2D eigenvalue weighted by atomic mass is 28.4. The lowest BCUT2D eigenvalue weighted by Crippen LogP contribution is -2.46. The Morgan fingerprint density at radius 3 is 2.62 bits per heavy atom. The Morgan fingerprint density at radius 1 is 1.02 bits per heavy atom. The molecule has 2 aromatic heterocycles. The maximum Gasteiger partial charge on any atom is 0.419 e. The summed E-state index contributed by atoms with van der Waals surface area (Å²) in [5.41, 5.74) is 1.03. The number of para-hydroxylation sites is 1. The van der Waals surface area contributed by atoms with Crippen LogP contribution in [0.25, 0.3) is 10.8 Å². The van der Waals surface area contributed by atoms with E-state index in [2.05, 4.69) is 72.7 Å². The van der Waals surface area contributed by atoms with Gasteiger partial charge in [-0.2, -0.15) is 4.98 Å². The van der Waals surface area contributed by atoms with E-state index < -0.39 is 44.6 Å². The maximum atomic E-state index is 13.5. The molecular weight excluding hydrogens is 737 g/mol. The molecule has 0 unspecified atom stereocenters. The summed E-state index contributed by atoms with van der Waals surface area (Å²) in [6.45, 7) is 11.2. The smallest absolute Gasteiger partial charge is 0.419 e. The van der Waals surface area contributed by atoms with Crippen molar-refractivity contribution in [3.63, 3.8) is 0 Å². The van der Waals surface area contributed by atoms with Crippen molar-refractivity contribution in [3.05, 3.63) is 102 Å². The first-order chi connectivity index (χ1) is 26.9. The number of nitrogens with one attached hydrogen (secondary N) is 2. The Kier molecular flexibility index (Phi) is 11.1. The molecule has 294 valence electrons. The molecule has 7 rings (SSSR count). The van der Waals surface area contributed by atoms with Crippen LogP contribution in [0.15, 0.2) is 90.4 Å². The SMILES string of the molecule is CC(C)(C)[Si](C)(C)O[C@@H]1C[C@H](n2cc3c(nc2=O)Nc2c(OCCNC(=O)OCCc4cccc5ccccc45)cccc2O3)O[C@@H]1COC(=O)n1ccnc1. The Bertz CT molecular complexity index is 2250. The number of anilines is 2. The van der Waals surface area contributed by atoms with Gasteiger partial charge >= 0.3 is 17.9 Å². The molecule has 3 atom stereocenters. The van der Waals surface area contributed by atoms with Gasteiger partial charge in [-0.25, -0.2) is 23.9 Å². The van der Waals surface area contributed by atoms with Crippen LogP contribution in [0.1, 0.15) is 39.0 Å². The summed E-state index contributed by atoms with van der Waals surface area (Å²) in [6.07, 6.45) is 3.82. The summed E-state index contributed by atoms with van der Waals surface area (Å²) in [6, 6.07) is 19.5. The molecule has 15 nitrogen and oxygen atoms in total. The van der Waals surface area contributed by atoms with Crippen LogP contribution in [0.2, 0.25) is 18.1 Å². The van der Waals surface area contributed by atoms with Crippen molar-refractivity contribution in [1.82, 2.24) is 24.4 Å². The molecule has 0 bridgehead atoms. The number of benzene rings is 3. The molecule has 1 amide bonds. The second-order valence-corrected chi connectivity index (χ2v) is 19.9. The van der Waals surface area contributed by atoms with Gasteiger partial charge in [0.15, 0.2) is 25.6 Å². The molecular formula is C40H46N6O9Si. The van der Waals surface area contributed by atoms with Gasteiger partial charge in [0, 0.05) is 25.2 Å². The summed E-state index contributed by atoms with van der Waals surface area (Å²) in [4.78, 5) is 46.7. The third-order valence-corrected chi connectivity index (χ3v) is 14.8. The number of carbonyl (C=O) groups is 2. The van der Waals surface area contributed by atoms with Gasteiger partial charge in [0.2, 0.25) is 0 Å². The van der Waals surface area contributed by atoms with Crippen LogP contribution in [0.5, 0.6) is 17.2 Å². The first kappa shape index (κ1) is 38.6. The van der Waals surface area contributed by atoms with Crippen LogP contribution in [0, 0.1) is 0 Å². The lowest BCUT2D eigenvalue weighted by atomic mass is 10.0. The largest absolute Gasteiger partial charge is 0.489 e. The fourth-order valence-corrected chi connectivity index (χ4v) is 7.68. The number of fused-ring (bicyclic) bond motifs is 3. The van der Waals surface area contributed by atoms with Crippen LogP contribution in [0.3, 0.4) is 0 Å². The predicted octanol–water partition coefficient (Wildman–Crippen LogP) is 7.15. The highest BCUT2D eigenvalue weighted by Crippen LogP contribution is 2.46. The van der Waals surface area contributed by atoms with E-state index in [1.54, 1.807) is 24.4 Å². The lowest BCUT2D eigenvalue weighted by molar-refractivity contribution is -0.0469. The van der Waals surface area contributed by atoms with Gasteiger partial charge < -0.3 is 38.7 Å². The minimum atomic E-state index is -2.29. The van der Waals surface area contributed by atoms with Crippen molar-refractivity contribution in [2.75, 3.05) is 31.7 Å². The third-order valence-electron chi connectivity index (χ3n) is 10.3. The monoisotopic (exact) mass is 782 g/mol. The van der Waals surface area contributed by atoms with Crippen molar-refractivity contribution in [2.45, 2.75) is 70.2 Å². The predicted molar refractivity (Wildman–Crippen MR) is 210 cm³/mol. The van der Waals surface area contributed by atoms with Gasteiger partial charge in [-0.3, -0.25) is 4.57 Å². The van der Waals surface area contributed by atoms with Crippen molar-refractivity contribution >= 4 is 42.8 Å². The number of amides is 1. The molecule has 0 radical (unpaired) electrons. The number of rotatable bonds is 12. The van der Waals surface area contributed by atoms with Gasteiger partial charge in [-0.1, -0.05) is 69.3 Å². The Morgan fingerprint density at radius 2 is 1.82 bits per heavy atom. The number of ether oxygens (including phenoxy) is 5. The first-order valence-corrected chi connectivity index (χ1v) is 21.5. The molecule has 56 heavy (non-hydrogen) atoms. The molecule has 0 saturated carbocycles. The number of carbonyl (C=O) groups excluding carboxylic acids is 2. The van der Waals surface area contributed by atoms with Crippen molar-refractivity contribution in [1.29, 1.82) is 0 Å². The Labute approximate surface area is 325 Å². The summed E-state index contributed by atoms with van der Waals surface area (Å²) in [5.74, 6) is 1.42. The van der Waals surface area contributed by atoms with Gasteiger partial charge in [-0.15, -0.1) is 0 Å². The summed E-state index contributed by atoms with van der Waals surface area (Å²) < 4.78 is 38.9. The second-order valence-electron chi connectivity index (χ2n) is 15.1. The minimum absolute atomic E-state index is 0.0866. The highest BCUT2D eigenvalue weighted by molar-refractivity contribution is 6.74. The van der Waals surface area contributed by atoms with Gasteiger partial charge in [-0.05, 0) is 46.6 Å². The van der Waals surface area contributed by atoms with Crippen LogP contribution in [-0.2, 0) is 25.1 Å². The fraction of sp³-hybridized carbons (Fsp3) is 0.375. The first-order valence-electron chi connectivity index (χ1n) is 18.6. The number of aromatic nitrogens is 4. The molecule has 3 aromatic carbocycles. The molecule has 2 N–H and O–H groups in total. The molecule has 16 heteroatoms. The average Bonchev–Trinajstić information content (AvgIpc) is 3.85. The van der Waals surface area contributed by atoms with E-state index in [1.807, 2.05) is 24.3 Å². The summed E-state index contributed by atoms with van der Waals surface area (Å²) in [7, 11) is -2.29. The number of imidazole rings is 1. The quantitative estimate of drug-likeness (QED) is 0.0952. The average molecular weight is 783 g/mol. The van der Waals surface area contributed by atoms with Crippen LogP contribution in [0.4, 0.5) is 21.1 Å². The van der Waals surface area contributed by atoms with Crippen molar-refractivity contribution < 1.29 is 37.7 Å². The third kappa shape index (κ3) is 8.56. The zero-order chi connectivity index (χ0) is 39.5. The van der Waals surface area contributed by atoms with E-state index in [0.29, 0.717) is 35.8 Å². The molecule has 5 aromatic rings. The summed E-state index contributed by atoms with van der Waals surface area (Å²) in [5, 5.41) is 8.08. The topological polar surface area (TPSA) is 166 Å². The number of nitrogens with zero attached hydrogens (tertiary/aromatic N) is 4. The number of hydrogen-bond donors (Lipinski definition) is 2. The molecule has 0 spiro atoms. The minimum Gasteiger partial charge on any atom is -0.489 e. The molecule has 2 aliphatic rings. The number of hydrogen-bond acceptors (Lipinski definition) is 12. The van der Waals surface area contributed by atoms with Crippen LogP contribution in [-0.4, -0.2) is 78.2 Å². The Hall–Kier alpha value is -5.71. The maximum absolute atomic E-state index is 13.5. The molecule has 1 fully saturated rings. The lowest BCUT2D eigenvalue weighted by Gasteiger charge is -2.39. The van der Waals surface area contributed by atoms with E-state index in [-0.39, 0.29) is 37.2 Å². The van der Waals surface area contributed by atoms with Crippen molar-refractivity contribution in [2.24, 2.45) is 0 Å². The zero-order valence-corrected chi connectivity index (χ0v) is 33.0. The summed E-state index contributed by atoms with van der Waals surface area (Å²) >= 11 is 0. The van der Waals surface area contributed by atoms with E-state index >= 15 is 0 Å². The zero-order valence-electron chi connectivity index (χ0n) is 32.0. The molecule has 1 saturated heterocycles. The molecule has 2 aliphatic heterocycles. The Balaban J connectivity index is 0.958. The van der Waals surface area contributed by atoms with E-state index in [0.717, 1.165) is 16.3 Å². The van der Waals surface area contributed by atoms with Crippen LogP contribution < -0.4 is 25.8 Å². The van der Waals surface area contributed by atoms with Gasteiger partial charge in [0.25, 0.3) is 0 Å². The normalized spacial score (nSPS) is 17.6. The molecule has 4 heterocycles. The van der Waals surface area contributed by atoms with Crippen LogP contribution >= 0.6 is 0 Å². The highest BCUT2D eigenvalue weighted by Gasteiger charge is 2.46. The van der Waals surface area contributed by atoms with E-state index in [4.69, 9.17) is 28.1 Å². The second kappa shape index (κ2) is 16.2. The van der Waals surface area contributed by atoms with Crippen molar-refractivity contribution in [3.8, 4) is 17.2 Å². The standard InChI is InChI=1S/C40H46N6O9Si/c1-40(2,3)56(4,5)55-31-22-34(54-33(31)24-52-39(49)45-19-17-41-25-45)46-23-32-36(44-37(46)47)43-35-29(14-9-15-30(35)53-32)50-21-18-42-38(48)51-20-16-27-12-8-11-26-10-6-7-13-28(26)27/h6-15,17,19,23,25,31,33-34H,16,18,20-22,24H2,1-5H3,(H,42,48)(H,43,44,47)/t31-,33-,34-/m1/s1. The van der Waals surface area contributed by atoms with Gasteiger partial charge in [0.1, 0.15) is 43.3 Å².